The summed E-state index contributed by atoms with van der Waals surface area (Å²) in [6.45, 7) is -0.445. The van der Waals surface area contributed by atoms with Gasteiger partial charge in [0.2, 0.25) is 0 Å². The van der Waals surface area contributed by atoms with E-state index < -0.39 is 24.2 Å². The van der Waals surface area contributed by atoms with Crippen molar-refractivity contribution in [3.8, 4) is 5.75 Å². The second-order valence-electron chi connectivity index (χ2n) is 4.23. The summed E-state index contributed by atoms with van der Waals surface area (Å²) >= 11 is 1.48. The number of carbonyl (C=O) groups excluding carboxylic acids is 2. The van der Waals surface area contributed by atoms with Crippen LogP contribution >= 0.6 is 11.3 Å². The molecule has 0 aliphatic rings. The van der Waals surface area contributed by atoms with Gasteiger partial charge in [0.15, 0.2) is 24.0 Å². The van der Waals surface area contributed by atoms with Crippen molar-refractivity contribution in [2.45, 2.75) is 0 Å². The molecule has 0 fully saturated rings. The van der Waals surface area contributed by atoms with E-state index in [-0.39, 0.29) is 11.3 Å². The summed E-state index contributed by atoms with van der Waals surface area (Å²) in [5.41, 5.74) is 0.119. The zero-order valence-corrected chi connectivity index (χ0v) is 12.6. The number of thiophene rings is 1. The van der Waals surface area contributed by atoms with E-state index in [9.17, 15) is 14.0 Å². The van der Waals surface area contributed by atoms with E-state index in [0.29, 0.717) is 0 Å². The van der Waals surface area contributed by atoms with Crippen molar-refractivity contribution in [1.82, 2.24) is 0 Å². The van der Waals surface area contributed by atoms with Crippen LogP contribution in [-0.2, 0) is 9.53 Å². The molecule has 1 heterocycles. The van der Waals surface area contributed by atoms with Crippen LogP contribution in [0.15, 0.2) is 41.8 Å². The summed E-state index contributed by atoms with van der Waals surface area (Å²) in [5.74, 6) is -1.71. The smallest absolute Gasteiger partial charge is 0.331 e. The van der Waals surface area contributed by atoms with E-state index in [4.69, 9.17) is 9.47 Å². The van der Waals surface area contributed by atoms with Crippen molar-refractivity contribution in [2.75, 3.05) is 13.7 Å². The third-order valence-corrected chi connectivity index (χ3v) is 3.58. The molecule has 0 aliphatic carbocycles. The molecule has 0 N–H and O–H groups in total. The molecule has 22 heavy (non-hydrogen) atoms. The highest BCUT2D eigenvalue weighted by Gasteiger charge is 2.11. The van der Waals surface area contributed by atoms with Gasteiger partial charge in [-0.05, 0) is 35.7 Å². The fourth-order valence-corrected chi connectivity index (χ4v) is 2.26. The second-order valence-corrected chi connectivity index (χ2v) is 5.21. The largest absolute Gasteiger partial charge is 0.494 e. The van der Waals surface area contributed by atoms with E-state index in [0.717, 1.165) is 10.9 Å². The Bertz CT molecular complexity index is 692. The number of carbonyl (C=O) groups is 2. The second kappa shape index (κ2) is 7.51. The molecule has 0 unspecified atom stereocenters. The molecule has 6 heteroatoms. The van der Waals surface area contributed by atoms with Gasteiger partial charge in [-0.1, -0.05) is 6.07 Å². The summed E-state index contributed by atoms with van der Waals surface area (Å²) in [6.07, 6.45) is 2.85. The monoisotopic (exact) mass is 320 g/mol. The minimum Gasteiger partial charge on any atom is -0.494 e. The lowest BCUT2D eigenvalue weighted by Gasteiger charge is -2.05. The average Bonchev–Trinajstić information content (AvgIpc) is 3.03. The van der Waals surface area contributed by atoms with Gasteiger partial charge in [-0.3, -0.25) is 4.79 Å². The van der Waals surface area contributed by atoms with Crippen LogP contribution < -0.4 is 4.74 Å². The zero-order valence-electron chi connectivity index (χ0n) is 11.7. The number of benzene rings is 1. The summed E-state index contributed by atoms with van der Waals surface area (Å²) in [5, 5.41) is 1.88. The summed E-state index contributed by atoms with van der Waals surface area (Å²) in [6, 6.07) is 7.52. The highest BCUT2D eigenvalue weighted by Crippen LogP contribution is 2.18. The lowest BCUT2D eigenvalue weighted by molar-refractivity contribution is -0.136. The standard InChI is InChI=1S/C16H13FO4S/c1-20-15-6-4-11(9-13(15)17)14(18)10-21-16(19)7-5-12-3-2-8-22-12/h2-9H,10H2,1H3/b7-5+. The topological polar surface area (TPSA) is 52.6 Å². The van der Waals surface area contributed by atoms with Crippen molar-refractivity contribution in [3.63, 3.8) is 0 Å². The van der Waals surface area contributed by atoms with Gasteiger partial charge in [-0.25, -0.2) is 9.18 Å². The van der Waals surface area contributed by atoms with Gasteiger partial charge < -0.3 is 9.47 Å². The van der Waals surface area contributed by atoms with Gasteiger partial charge in [0.25, 0.3) is 0 Å². The Morgan fingerprint density at radius 2 is 2.14 bits per heavy atom. The van der Waals surface area contributed by atoms with Gasteiger partial charge in [0, 0.05) is 16.5 Å². The Hall–Kier alpha value is -2.47. The van der Waals surface area contributed by atoms with E-state index >= 15 is 0 Å². The number of methoxy groups -OCH3 is 1. The van der Waals surface area contributed by atoms with Crippen LogP contribution in [-0.4, -0.2) is 25.5 Å². The Labute approximate surface area is 130 Å². The normalized spacial score (nSPS) is 10.6. The van der Waals surface area contributed by atoms with Crippen LogP contribution in [0.2, 0.25) is 0 Å². The minimum absolute atomic E-state index is 0.0485. The fourth-order valence-electron chi connectivity index (χ4n) is 1.64. The maximum absolute atomic E-state index is 13.5. The highest BCUT2D eigenvalue weighted by atomic mass is 32.1. The Balaban J connectivity index is 1.89. The molecule has 2 rings (SSSR count). The summed E-state index contributed by atoms with van der Waals surface area (Å²) < 4.78 is 23.1. The highest BCUT2D eigenvalue weighted by molar-refractivity contribution is 7.10. The van der Waals surface area contributed by atoms with Gasteiger partial charge in [0.1, 0.15) is 0 Å². The summed E-state index contributed by atoms with van der Waals surface area (Å²) in [7, 11) is 1.33. The molecular weight excluding hydrogens is 307 g/mol. The van der Waals surface area contributed by atoms with Gasteiger partial charge >= 0.3 is 5.97 Å². The van der Waals surface area contributed by atoms with Crippen molar-refractivity contribution in [1.29, 1.82) is 0 Å². The first-order chi connectivity index (χ1) is 10.6. The molecule has 4 nitrogen and oxygen atoms in total. The van der Waals surface area contributed by atoms with E-state index in [2.05, 4.69) is 0 Å². The fraction of sp³-hybridized carbons (Fsp3) is 0.125. The van der Waals surface area contributed by atoms with Crippen LogP contribution in [0, 0.1) is 5.82 Å². The Morgan fingerprint density at radius 1 is 1.32 bits per heavy atom. The molecule has 1 aromatic carbocycles. The Kier molecular flexibility index (Phi) is 5.43. The molecule has 0 saturated heterocycles. The number of hydrogen-bond acceptors (Lipinski definition) is 5. The van der Waals surface area contributed by atoms with Crippen LogP contribution in [0.4, 0.5) is 4.39 Å². The number of ether oxygens (including phenoxy) is 2. The lowest BCUT2D eigenvalue weighted by Crippen LogP contribution is -2.12. The quantitative estimate of drug-likeness (QED) is 0.465. The number of Topliss-reactive ketones (excluding diaryl/α,β-unsaturated/α-hetero) is 1. The van der Waals surface area contributed by atoms with Crippen LogP contribution in [0.1, 0.15) is 15.2 Å². The number of ketones is 1. The lowest BCUT2D eigenvalue weighted by atomic mass is 10.1. The van der Waals surface area contributed by atoms with Crippen molar-refractivity contribution in [3.05, 3.63) is 58.0 Å². The van der Waals surface area contributed by atoms with E-state index in [1.165, 1.54) is 36.7 Å². The molecule has 0 atom stereocenters. The van der Waals surface area contributed by atoms with E-state index in [1.54, 1.807) is 6.08 Å². The molecule has 2 aromatic rings. The molecule has 1 aromatic heterocycles. The number of halogens is 1. The van der Waals surface area contributed by atoms with Crippen LogP contribution in [0.5, 0.6) is 5.75 Å². The molecule has 0 spiro atoms. The van der Waals surface area contributed by atoms with Crippen molar-refractivity contribution in [2.24, 2.45) is 0 Å². The predicted octanol–water partition coefficient (Wildman–Crippen LogP) is 3.34. The zero-order chi connectivity index (χ0) is 15.9. The van der Waals surface area contributed by atoms with Crippen molar-refractivity contribution < 1.29 is 23.5 Å². The molecular formula is C16H13FO4S. The maximum atomic E-state index is 13.5. The van der Waals surface area contributed by atoms with E-state index in [1.807, 2.05) is 17.5 Å². The number of esters is 1. The molecule has 0 aliphatic heterocycles. The first-order valence-electron chi connectivity index (χ1n) is 6.35. The summed E-state index contributed by atoms with van der Waals surface area (Å²) in [4.78, 5) is 24.2. The third kappa shape index (κ3) is 4.26. The van der Waals surface area contributed by atoms with Crippen LogP contribution in [0.3, 0.4) is 0 Å². The first kappa shape index (κ1) is 15.9. The minimum atomic E-state index is -0.641. The molecule has 0 radical (unpaired) electrons. The average molecular weight is 320 g/mol. The number of hydrogen-bond donors (Lipinski definition) is 0. The molecule has 0 saturated carbocycles. The Morgan fingerprint density at radius 3 is 2.77 bits per heavy atom. The maximum Gasteiger partial charge on any atom is 0.331 e. The number of rotatable bonds is 6. The predicted molar refractivity (Wildman–Crippen MR) is 81.6 cm³/mol. The van der Waals surface area contributed by atoms with Gasteiger partial charge in [0.05, 0.1) is 7.11 Å². The molecule has 0 bridgehead atoms. The SMILES string of the molecule is COc1ccc(C(=O)COC(=O)/C=C/c2cccs2)cc1F. The van der Waals surface area contributed by atoms with Gasteiger partial charge in [-0.15, -0.1) is 11.3 Å². The molecule has 0 amide bonds. The molecule has 114 valence electrons. The third-order valence-electron chi connectivity index (χ3n) is 2.75. The van der Waals surface area contributed by atoms with Crippen molar-refractivity contribution >= 4 is 29.2 Å². The van der Waals surface area contributed by atoms with Gasteiger partial charge in [-0.2, -0.15) is 0 Å². The van der Waals surface area contributed by atoms with Crippen LogP contribution in [0.25, 0.3) is 6.08 Å². The first-order valence-corrected chi connectivity index (χ1v) is 7.23.